The number of hydrogen-bond acceptors (Lipinski definition) is 3. The Hall–Kier alpha value is -1.78. The molecule has 2 unspecified atom stereocenters. The van der Waals surface area contributed by atoms with Gasteiger partial charge in [-0.1, -0.05) is 25.4 Å². The molecule has 4 rings (SSSR count). The van der Waals surface area contributed by atoms with Crippen molar-refractivity contribution >= 4 is 11.6 Å². The van der Waals surface area contributed by atoms with Crippen LogP contribution in [-0.4, -0.2) is 25.3 Å². The first-order valence-electron chi connectivity index (χ1n) is 9.78. The highest BCUT2D eigenvalue weighted by molar-refractivity contribution is 6.30. The van der Waals surface area contributed by atoms with Gasteiger partial charge in [-0.3, -0.25) is 0 Å². The quantitative estimate of drug-likeness (QED) is 0.727. The van der Waals surface area contributed by atoms with Gasteiger partial charge in [-0.15, -0.1) is 0 Å². The van der Waals surface area contributed by atoms with Crippen LogP contribution >= 0.6 is 11.6 Å². The van der Waals surface area contributed by atoms with Gasteiger partial charge in [0.25, 0.3) is 0 Å². The Morgan fingerprint density at radius 1 is 1.26 bits per heavy atom. The van der Waals surface area contributed by atoms with Crippen molar-refractivity contribution in [1.82, 2.24) is 5.32 Å². The van der Waals surface area contributed by atoms with Crippen molar-refractivity contribution in [2.75, 3.05) is 13.1 Å². The summed E-state index contributed by atoms with van der Waals surface area (Å²) in [6.07, 6.45) is 3.08. The monoisotopic (exact) mass is 389 g/mol. The van der Waals surface area contributed by atoms with E-state index in [0.717, 1.165) is 55.0 Å². The number of ether oxygens (including phenoxy) is 2. The van der Waals surface area contributed by atoms with Crippen molar-refractivity contribution in [2.24, 2.45) is 0 Å². The molecule has 5 heteroatoms. The molecule has 0 amide bonds. The molecule has 3 nitrogen and oxygen atoms in total. The van der Waals surface area contributed by atoms with E-state index in [2.05, 4.69) is 25.2 Å². The van der Waals surface area contributed by atoms with Gasteiger partial charge in [0.1, 0.15) is 11.9 Å². The standard InChI is InChI=1S/C22H25ClFNO2/c1-3-15(4-2)26-21-10-13(16-6-5-14(23)11-19(16)24)9-17-18-12-25-8-7-20(18)27-22(17)21/h5-6,9-11,15,18,20,25H,3-4,7-8,12H2,1-2H3. The van der Waals surface area contributed by atoms with Gasteiger partial charge in [-0.05, 0) is 61.7 Å². The average Bonchev–Trinajstić information content (AvgIpc) is 3.05. The molecule has 0 aromatic heterocycles. The second kappa shape index (κ2) is 7.69. The van der Waals surface area contributed by atoms with E-state index in [4.69, 9.17) is 21.1 Å². The summed E-state index contributed by atoms with van der Waals surface area (Å²) in [4.78, 5) is 0. The number of rotatable bonds is 5. The van der Waals surface area contributed by atoms with E-state index >= 15 is 0 Å². The van der Waals surface area contributed by atoms with Gasteiger partial charge in [0.15, 0.2) is 11.5 Å². The van der Waals surface area contributed by atoms with Crippen molar-refractivity contribution in [3.8, 4) is 22.6 Å². The molecule has 0 spiro atoms. The Labute approximate surface area is 164 Å². The lowest BCUT2D eigenvalue weighted by atomic mass is 9.89. The van der Waals surface area contributed by atoms with Crippen molar-refractivity contribution < 1.29 is 13.9 Å². The minimum atomic E-state index is -0.326. The maximum Gasteiger partial charge on any atom is 0.165 e. The van der Waals surface area contributed by atoms with E-state index < -0.39 is 0 Å². The van der Waals surface area contributed by atoms with Gasteiger partial charge < -0.3 is 14.8 Å². The molecule has 2 heterocycles. The first kappa shape index (κ1) is 18.6. The van der Waals surface area contributed by atoms with Gasteiger partial charge in [-0.25, -0.2) is 4.39 Å². The Balaban J connectivity index is 1.81. The second-order valence-corrected chi connectivity index (χ2v) is 7.77. The van der Waals surface area contributed by atoms with Gasteiger partial charge in [-0.2, -0.15) is 0 Å². The zero-order valence-electron chi connectivity index (χ0n) is 15.7. The molecule has 0 saturated carbocycles. The second-order valence-electron chi connectivity index (χ2n) is 7.33. The molecule has 2 aliphatic heterocycles. The van der Waals surface area contributed by atoms with Crippen LogP contribution in [0.15, 0.2) is 30.3 Å². The fourth-order valence-corrected chi connectivity index (χ4v) is 4.22. The van der Waals surface area contributed by atoms with Crippen molar-refractivity contribution in [2.45, 2.75) is 51.2 Å². The summed E-state index contributed by atoms with van der Waals surface area (Å²) in [5.41, 5.74) is 2.45. The predicted molar refractivity (Wildman–Crippen MR) is 106 cm³/mol. The maximum absolute atomic E-state index is 14.6. The third-order valence-electron chi connectivity index (χ3n) is 5.62. The summed E-state index contributed by atoms with van der Waals surface area (Å²) in [6, 6.07) is 8.77. The van der Waals surface area contributed by atoms with E-state index in [1.165, 1.54) is 6.07 Å². The third-order valence-corrected chi connectivity index (χ3v) is 5.85. The van der Waals surface area contributed by atoms with E-state index in [9.17, 15) is 4.39 Å². The largest absolute Gasteiger partial charge is 0.487 e. The minimum Gasteiger partial charge on any atom is -0.487 e. The maximum atomic E-state index is 14.6. The van der Waals surface area contributed by atoms with Crippen LogP contribution < -0.4 is 14.8 Å². The van der Waals surface area contributed by atoms with Crippen molar-refractivity contribution in [1.29, 1.82) is 0 Å². The summed E-state index contributed by atoms with van der Waals surface area (Å²) in [7, 11) is 0. The molecular weight excluding hydrogens is 365 g/mol. The third kappa shape index (κ3) is 3.53. The molecule has 0 bridgehead atoms. The van der Waals surface area contributed by atoms with Crippen LogP contribution in [0.3, 0.4) is 0 Å². The zero-order valence-corrected chi connectivity index (χ0v) is 16.5. The van der Waals surface area contributed by atoms with E-state index in [0.29, 0.717) is 10.6 Å². The highest BCUT2D eigenvalue weighted by Crippen LogP contribution is 2.49. The number of halogens is 2. The Morgan fingerprint density at radius 2 is 2.07 bits per heavy atom. The number of hydrogen-bond donors (Lipinski definition) is 1. The van der Waals surface area contributed by atoms with Gasteiger partial charge in [0.05, 0.1) is 6.10 Å². The number of nitrogens with one attached hydrogen (secondary N) is 1. The normalized spacial score (nSPS) is 20.9. The van der Waals surface area contributed by atoms with E-state index in [-0.39, 0.29) is 23.9 Å². The van der Waals surface area contributed by atoms with Crippen molar-refractivity contribution in [3.05, 3.63) is 46.7 Å². The Bertz CT molecular complexity index is 837. The molecular formula is C22H25ClFNO2. The number of piperidine rings is 1. The molecule has 1 saturated heterocycles. The first-order valence-corrected chi connectivity index (χ1v) is 10.2. The van der Waals surface area contributed by atoms with Crippen LogP contribution in [0.5, 0.6) is 11.5 Å². The first-order chi connectivity index (χ1) is 13.1. The fourth-order valence-electron chi connectivity index (χ4n) is 4.06. The molecule has 2 atom stereocenters. The molecule has 2 aromatic rings. The summed E-state index contributed by atoms with van der Waals surface area (Å²) in [5.74, 6) is 1.50. The van der Waals surface area contributed by atoms with Crippen molar-refractivity contribution in [3.63, 3.8) is 0 Å². The van der Waals surface area contributed by atoms with Crippen LogP contribution in [0.2, 0.25) is 5.02 Å². The van der Waals surface area contributed by atoms with Crippen LogP contribution in [0.25, 0.3) is 11.1 Å². The molecule has 144 valence electrons. The summed E-state index contributed by atoms with van der Waals surface area (Å²) < 4.78 is 27.2. The molecule has 1 fully saturated rings. The SMILES string of the molecule is CCC(CC)Oc1cc(-c2ccc(Cl)cc2F)cc2c1OC1CCNCC21. The molecule has 2 aliphatic rings. The minimum absolute atomic E-state index is 0.115. The van der Waals surface area contributed by atoms with Gasteiger partial charge in [0.2, 0.25) is 0 Å². The van der Waals surface area contributed by atoms with E-state index in [1.807, 2.05) is 6.07 Å². The molecule has 0 aliphatic carbocycles. The van der Waals surface area contributed by atoms with Gasteiger partial charge in [0, 0.05) is 28.6 Å². The van der Waals surface area contributed by atoms with E-state index in [1.54, 1.807) is 12.1 Å². The highest BCUT2D eigenvalue weighted by atomic mass is 35.5. The molecule has 2 aromatic carbocycles. The van der Waals surface area contributed by atoms with Gasteiger partial charge >= 0.3 is 0 Å². The average molecular weight is 390 g/mol. The van der Waals surface area contributed by atoms with Crippen LogP contribution in [0, 0.1) is 5.82 Å². The highest BCUT2D eigenvalue weighted by Gasteiger charge is 2.38. The van der Waals surface area contributed by atoms with Crippen LogP contribution in [-0.2, 0) is 0 Å². The smallest absolute Gasteiger partial charge is 0.165 e. The predicted octanol–water partition coefficient (Wildman–Crippen LogP) is 5.55. The van der Waals surface area contributed by atoms with Crippen LogP contribution in [0.1, 0.15) is 44.6 Å². The molecule has 0 radical (unpaired) electrons. The molecule has 27 heavy (non-hydrogen) atoms. The molecule has 1 N–H and O–H groups in total. The lowest BCUT2D eigenvalue weighted by Gasteiger charge is -2.24. The zero-order chi connectivity index (χ0) is 19.0. The Kier molecular flexibility index (Phi) is 5.29. The number of benzene rings is 2. The fraction of sp³-hybridized carbons (Fsp3) is 0.455. The summed E-state index contributed by atoms with van der Waals surface area (Å²) in [5, 5.41) is 3.84. The summed E-state index contributed by atoms with van der Waals surface area (Å²) >= 11 is 5.93. The summed E-state index contributed by atoms with van der Waals surface area (Å²) in [6.45, 7) is 6.05. The lowest BCUT2D eigenvalue weighted by molar-refractivity contribution is 0.151. The Morgan fingerprint density at radius 3 is 2.81 bits per heavy atom. The van der Waals surface area contributed by atoms with Crippen LogP contribution in [0.4, 0.5) is 4.39 Å². The topological polar surface area (TPSA) is 30.5 Å². The number of fused-ring (bicyclic) bond motifs is 3. The lowest BCUT2D eigenvalue weighted by Crippen LogP contribution is -2.37.